The molecule has 0 amide bonds. The predicted molar refractivity (Wildman–Crippen MR) is 116 cm³/mol. The van der Waals surface area contributed by atoms with Crippen LogP contribution in [-0.2, 0) is 15.8 Å². The molecular formula is C19H24N5O5PS. The van der Waals surface area contributed by atoms with E-state index in [1.165, 1.54) is 11.8 Å². The van der Waals surface area contributed by atoms with Gasteiger partial charge >= 0.3 is 7.60 Å². The van der Waals surface area contributed by atoms with Crippen molar-refractivity contribution in [1.29, 1.82) is 0 Å². The molecule has 4 rings (SSSR count). The third-order valence-corrected chi connectivity index (χ3v) is 6.80. The van der Waals surface area contributed by atoms with Crippen molar-refractivity contribution in [2.45, 2.75) is 41.8 Å². The van der Waals surface area contributed by atoms with Crippen LogP contribution >= 0.6 is 19.4 Å². The van der Waals surface area contributed by atoms with Crippen LogP contribution in [0.2, 0.25) is 0 Å². The summed E-state index contributed by atoms with van der Waals surface area (Å²) in [4.78, 5) is 32.6. The summed E-state index contributed by atoms with van der Waals surface area (Å²) in [6.07, 6.45) is 2.61. The quantitative estimate of drug-likeness (QED) is 0.318. The van der Waals surface area contributed by atoms with Gasteiger partial charge in [0.25, 0.3) is 0 Å². The lowest BCUT2D eigenvalue weighted by Gasteiger charge is -2.20. The first-order chi connectivity index (χ1) is 14.7. The van der Waals surface area contributed by atoms with Crippen LogP contribution in [0.25, 0.3) is 11.2 Å². The van der Waals surface area contributed by atoms with Crippen molar-refractivity contribution < 1.29 is 23.8 Å². The van der Waals surface area contributed by atoms with Crippen molar-refractivity contribution in [3.05, 3.63) is 30.6 Å². The zero-order valence-electron chi connectivity index (χ0n) is 17.1. The Hall–Kier alpha value is -2.17. The van der Waals surface area contributed by atoms with E-state index in [9.17, 15) is 14.4 Å². The molecular weight excluding hydrogens is 441 g/mol. The summed E-state index contributed by atoms with van der Waals surface area (Å²) in [5.74, 6) is 1.10. The van der Waals surface area contributed by atoms with Crippen LogP contribution in [0.4, 0.5) is 5.95 Å². The molecule has 1 aromatic carbocycles. The van der Waals surface area contributed by atoms with Gasteiger partial charge in [0.05, 0.1) is 25.6 Å². The lowest BCUT2D eigenvalue weighted by molar-refractivity contribution is 0.0281. The number of benzene rings is 1. The van der Waals surface area contributed by atoms with Gasteiger partial charge in [-0.05, 0) is 36.6 Å². The number of nitrogens with zero attached hydrogens (tertiary/aromatic N) is 4. The Balaban J connectivity index is 1.62. The zero-order valence-corrected chi connectivity index (χ0v) is 18.8. The molecule has 1 saturated carbocycles. The van der Waals surface area contributed by atoms with Gasteiger partial charge in [-0.1, -0.05) is 25.1 Å². The van der Waals surface area contributed by atoms with Crippen molar-refractivity contribution in [2.24, 2.45) is 5.92 Å². The monoisotopic (exact) mass is 465 g/mol. The number of methoxy groups -OCH3 is 1. The highest BCUT2D eigenvalue weighted by atomic mass is 32.2. The Bertz CT molecular complexity index is 1130. The highest BCUT2D eigenvalue weighted by Gasteiger charge is 2.55. The number of nitrogens with two attached hydrogens (primary N) is 1. The molecule has 31 heavy (non-hydrogen) atoms. The fourth-order valence-corrected chi connectivity index (χ4v) is 4.97. The van der Waals surface area contributed by atoms with Crippen LogP contribution in [0.1, 0.15) is 19.8 Å². The molecule has 2 atom stereocenters. The maximum atomic E-state index is 11.3. The fraction of sp³-hybridized carbons (Fsp3) is 0.421. The Labute approximate surface area is 183 Å². The van der Waals surface area contributed by atoms with Gasteiger partial charge < -0.3 is 29.6 Å². The number of nitrogen functional groups attached to an aromatic ring is 1. The molecule has 0 radical (unpaired) electrons. The van der Waals surface area contributed by atoms with Gasteiger partial charge in [-0.2, -0.15) is 4.98 Å². The van der Waals surface area contributed by atoms with E-state index in [4.69, 9.17) is 15.2 Å². The van der Waals surface area contributed by atoms with E-state index < -0.39 is 19.5 Å². The minimum absolute atomic E-state index is 0.123. The summed E-state index contributed by atoms with van der Waals surface area (Å²) >= 11 is 1.42. The van der Waals surface area contributed by atoms with Crippen molar-refractivity contribution in [2.75, 3.05) is 19.2 Å². The molecule has 10 nitrogen and oxygen atoms in total. The van der Waals surface area contributed by atoms with Crippen molar-refractivity contribution in [3.8, 4) is 5.75 Å². The number of ether oxygens (including phenoxy) is 2. The van der Waals surface area contributed by atoms with E-state index in [1.54, 1.807) is 13.4 Å². The second kappa shape index (κ2) is 8.40. The molecule has 0 aliphatic heterocycles. The largest absolute Gasteiger partial charge is 0.497 e. The van der Waals surface area contributed by atoms with Crippen LogP contribution in [0.3, 0.4) is 0 Å². The Morgan fingerprint density at radius 1 is 1.32 bits per heavy atom. The third-order valence-electron chi connectivity index (χ3n) is 5.35. The Kier molecular flexibility index (Phi) is 5.97. The topological polar surface area (TPSA) is 146 Å². The molecule has 0 unspecified atom stereocenters. The van der Waals surface area contributed by atoms with Gasteiger partial charge in [0, 0.05) is 4.90 Å². The SMILES string of the molecule is CC[C@@H]1C[C@@]1(Cn1cnc2c(Sc3ccc(OC)cc3)nc(N)nc21)OCP(=O)(O)O. The van der Waals surface area contributed by atoms with E-state index in [2.05, 4.69) is 15.0 Å². The molecule has 2 heterocycles. The molecule has 166 valence electrons. The minimum Gasteiger partial charge on any atom is -0.497 e. The maximum Gasteiger partial charge on any atom is 0.351 e. The average molecular weight is 465 g/mol. The number of hydrogen-bond donors (Lipinski definition) is 3. The highest BCUT2D eigenvalue weighted by molar-refractivity contribution is 7.99. The summed E-state index contributed by atoms with van der Waals surface area (Å²) < 4.78 is 24.0. The number of aromatic nitrogens is 4. The molecule has 2 aromatic heterocycles. The standard InChI is InChI=1S/C19H24N5O5PS/c1-3-12-8-19(12,29-11-30(25,26)27)9-24-10-21-15-16(24)22-18(20)23-17(15)31-14-6-4-13(28-2)5-7-14/h4-7,10,12H,3,8-9,11H2,1-2H3,(H2,20,22,23)(H2,25,26,27)/t12-,19+/m1/s1. The molecule has 1 aliphatic carbocycles. The van der Waals surface area contributed by atoms with Gasteiger partial charge in [-0.3, -0.25) is 4.57 Å². The van der Waals surface area contributed by atoms with Crippen molar-refractivity contribution in [3.63, 3.8) is 0 Å². The minimum atomic E-state index is -4.26. The summed E-state index contributed by atoms with van der Waals surface area (Å²) in [7, 11) is -2.65. The first-order valence-corrected chi connectivity index (χ1v) is 12.3. The molecule has 1 fully saturated rings. The zero-order chi connectivity index (χ0) is 22.2. The summed E-state index contributed by atoms with van der Waals surface area (Å²) in [5.41, 5.74) is 6.49. The first kappa shape index (κ1) is 22.0. The normalized spacial score (nSPS) is 20.8. The van der Waals surface area contributed by atoms with Gasteiger partial charge in [-0.15, -0.1) is 0 Å². The third kappa shape index (κ3) is 4.86. The molecule has 3 aromatic rings. The van der Waals surface area contributed by atoms with Gasteiger partial charge in [0.2, 0.25) is 5.95 Å². The van der Waals surface area contributed by atoms with E-state index in [0.29, 0.717) is 22.7 Å². The van der Waals surface area contributed by atoms with Crippen molar-refractivity contribution >= 4 is 36.5 Å². The van der Waals surface area contributed by atoms with E-state index in [1.807, 2.05) is 35.8 Å². The Morgan fingerprint density at radius 2 is 2.06 bits per heavy atom. The smallest absolute Gasteiger partial charge is 0.351 e. The van der Waals surface area contributed by atoms with Crippen LogP contribution < -0.4 is 10.5 Å². The predicted octanol–water partition coefficient (Wildman–Crippen LogP) is 2.89. The molecule has 12 heteroatoms. The molecule has 0 spiro atoms. The number of rotatable bonds is 9. The van der Waals surface area contributed by atoms with Crippen molar-refractivity contribution in [1.82, 2.24) is 19.5 Å². The lowest BCUT2D eigenvalue weighted by atomic mass is 10.2. The van der Waals surface area contributed by atoms with Crippen LogP contribution in [0.5, 0.6) is 5.75 Å². The van der Waals surface area contributed by atoms with E-state index in [0.717, 1.165) is 23.5 Å². The van der Waals surface area contributed by atoms with E-state index in [-0.39, 0.29) is 11.9 Å². The summed E-state index contributed by atoms with van der Waals surface area (Å²) in [6.45, 7) is 2.41. The Morgan fingerprint density at radius 3 is 2.68 bits per heavy atom. The number of anilines is 1. The highest BCUT2D eigenvalue weighted by Crippen LogP contribution is 2.52. The second-order valence-corrected chi connectivity index (χ2v) is 10.2. The van der Waals surface area contributed by atoms with Gasteiger partial charge in [0.1, 0.15) is 22.6 Å². The second-order valence-electron chi connectivity index (χ2n) is 7.52. The van der Waals surface area contributed by atoms with E-state index >= 15 is 0 Å². The maximum absolute atomic E-state index is 11.3. The molecule has 4 N–H and O–H groups in total. The average Bonchev–Trinajstić information content (AvgIpc) is 3.29. The molecule has 0 bridgehead atoms. The van der Waals surface area contributed by atoms with Gasteiger partial charge in [-0.25, -0.2) is 9.97 Å². The summed E-state index contributed by atoms with van der Waals surface area (Å²) in [6, 6.07) is 7.57. The lowest BCUT2D eigenvalue weighted by Crippen LogP contribution is -2.25. The fourth-order valence-electron chi connectivity index (χ4n) is 3.67. The number of imidazole rings is 1. The summed E-state index contributed by atoms with van der Waals surface area (Å²) in [5, 5.41) is 0.624. The first-order valence-electron chi connectivity index (χ1n) is 9.72. The molecule has 1 aliphatic rings. The molecule has 0 saturated heterocycles. The van der Waals surface area contributed by atoms with Gasteiger partial charge in [0.15, 0.2) is 5.65 Å². The van der Waals surface area contributed by atoms with Crippen LogP contribution in [0, 0.1) is 5.92 Å². The number of hydrogen-bond acceptors (Lipinski definition) is 8. The number of fused-ring (bicyclic) bond motifs is 1. The van der Waals surface area contributed by atoms with Crippen LogP contribution in [-0.4, -0.2) is 48.4 Å². The van der Waals surface area contributed by atoms with Crippen LogP contribution in [0.15, 0.2) is 40.5 Å².